The van der Waals surface area contributed by atoms with Crippen LogP contribution in [0.2, 0.25) is 0 Å². The van der Waals surface area contributed by atoms with Crippen LogP contribution in [0.5, 0.6) is 17.2 Å². The highest BCUT2D eigenvalue weighted by Gasteiger charge is 2.81. The Bertz CT molecular complexity index is 2140. The number of benzene rings is 1. The maximum atomic E-state index is 15.1. The number of amides is 2. The molecule has 9 rings (SSSR count). The Hall–Kier alpha value is -4.48. The summed E-state index contributed by atoms with van der Waals surface area (Å²) in [4.78, 5) is 62.5. The van der Waals surface area contributed by atoms with Crippen LogP contribution in [-0.4, -0.2) is 111 Å². The molecule has 4 fully saturated rings. The van der Waals surface area contributed by atoms with Gasteiger partial charge in [-0.2, -0.15) is 0 Å². The Balaban J connectivity index is 1.14. The van der Waals surface area contributed by atoms with Gasteiger partial charge < -0.3 is 29.1 Å². The number of Topliss-reactive ketones (excluding diaryl/α,β-unsaturated/α-hetero) is 2. The fourth-order valence-corrected chi connectivity index (χ4v) is 10.8. The Morgan fingerprint density at radius 1 is 0.881 bits per heavy atom. The molecule has 1 aromatic rings. The Labute approximate surface area is 348 Å². The lowest BCUT2D eigenvalue weighted by Gasteiger charge is -2.56. The van der Waals surface area contributed by atoms with Crippen molar-refractivity contribution in [3.8, 4) is 17.2 Å². The zero-order chi connectivity index (χ0) is 42.2. The number of ketones is 2. The zero-order valence-corrected chi connectivity index (χ0v) is 36.2. The van der Waals surface area contributed by atoms with E-state index in [4.69, 9.17) is 14.2 Å². The van der Waals surface area contributed by atoms with E-state index in [9.17, 15) is 19.5 Å². The van der Waals surface area contributed by atoms with Crippen molar-refractivity contribution in [3.63, 3.8) is 0 Å². The number of rotatable bonds is 10. The van der Waals surface area contributed by atoms with Crippen LogP contribution in [0.4, 0.5) is 0 Å². The van der Waals surface area contributed by atoms with Crippen LogP contribution in [0.1, 0.15) is 115 Å². The van der Waals surface area contributed by atoms with Crippen molar-refractivity contribution in [2.24, 2.45) is 11.8 Å². The van der Waals surface area contributed by atoms with Crippen molar-refractivity contribution in [2.45, 2.75) is 123 Å². The Morgan fingerprint density at radius 2 is 1.58 bits per heavy atom. The lowest BCUT2D eigenvalue weighted by Crippen LogP contribution is -2.72. The zero-order valence-electron chi connectivity index (χ0n) is 36.2. The number of nitrogens with zero attached hydrogens (tertiary/aromatic N) is 3. The van der Waals surface area contributed by atoms with Gasteiger partial charge in [0.1, 0.15) is 28.4 Å². The molecule has 3 aliphatic carbocycles. The lowest BCUT2D eigenvalue weighted by molar-refractivity contribution is -0.171. The molecule has 5 aliphatic heterocycles. The van der Waals surface area contributed by atoms with E-state index in [2.05, 4.69) is 30.9 Å². The second kappa shape index (κ2) is 14.9. The molecule has 2 amide bonds. The molecule has 1 spiro atoms. The van der Waals surface area contributed by atoms with E-state index in [0.717, 1.165) is 37.9 Å². The topological polar surface area (TPSA) is 126 Å². The van der Waals surface area contributed by atoms with Gasteiger partial charge in [0.25, 0.3) is 0 Å². The van der Waals surface area contributed by atoms with Crippen LogP contribution in [0.25, 0.3) is 6.08 Å². The van der Waals surface area contributed by atoms with Gasteiger partial charge in [0, 0.05) is 74.2 Å². The highest BCUT2D eigenvalue weighted by molar-refractivity contribution is 6.19. The Morgan fingerprint density at radius 3 is 2.25 bits per heavy atom. The summed E-state index contributed by atoms with van der Waals surface area (Å²) >= 11 is 0. The molecule has 5 unspecified atom stereocenters. The van der Waals surface area contributed by atoms with Crippen molar-refractivity contribution >= 4 is 29.5 Å². The van der Waals surface area contributed by atoms with Crippen LogP contribution in [0.3, 0.4) is 0 Å². The van der Waals surface area contributed by atoms with Gasteiger partial charge in [-0.1, -0.05) is 35.5 Å². The maximum Gasteiger partial charge on any atom is 0.249 e. The third kappa shape index (κ3) is 6.71. The van der Waals surface area contributed by atoms with Gasteiger partial charge in [0.05, 0.1) is 17.7 Å². The molecule has 59 heavy (non-hydrogen) atoms. The molecular weight excluding hydrogens is 747 g/mol. The van der Waals surface area contributed by atoms with Crippen LogP contribution in [-0.2, 0) is 25.5 Å². The van der Waals surface area contributed by atoms with Crippen LogP contribution in [0.15, 0.2) is 52.7 Å². The summed E-state index contributed by atoms with van der Waals surface area (Å²) in [5, 5.41) is 12.0. The average molecular weight is 808 g/mol. The number of likely N-dealkylation sites (tertiary alicyclic amines) is 1. The number of carbonyl (C=O) groups is 4. The van der Waals surface area contributed by atoms with Crippen molar-refractivity contribution in [2.75, 3.05) is 45.8 Å². The summed E-state index contributed by atoms with van der Waals surface area (Å²) in [6, 6.07) is 0. The molecular formula is C48H61N3O8. The number of phenols is 1. The quantitative estimate of drug-likeness (QED) is 0.198. The molecule has 1 N–H and O–H groups in total. The van der Waals surface area contributed by atoms with Gasteiger partial charge in [0.15, 0.2) is 22.8 Å². The third-order valence-corrected chi connectivity index (χ3v) is 14.0. The van der Waals surface area contributed by atoms with E-state index in [1.54, 1.807) is 24.0 Å². The summed E-state index contributed by atoms with van der Waals surface area (Å²) in [6.45, 7) is 20.1. The van der Waals surface area contributed by atoms with Crippen molar-refractivity contribution < 1.29 is 38.5 Å². The Kier molecular flexibility index (Phi) is 10.4. The van der Waals surface area contributed by atoms with E-state index in [-0.39, 0.29) is 52.8 Å². The molecule has 316 valence electrons. The molecule has 11 heteroatoms. The fraction of sp³-hybridized carbons (Fsp3) is 0.583. The molecule has 5 heterocycles. The van der Waals surface area contributed by atoms with E-state index >= 15 is 4.79 Å². The average Bonchev–Trinajstić information content (AvgIpc) is 3.78. The summed E-state index contributed by atoms with van der Waals surface area (Å²) in [5.41, 5.74) is -0.384. The van der Waals surface area contributed by atoms with E-state index in [0.29, 0.717) is 80.0 Å². The predicted molar refractivity (Wildman–Crippen MR) is 225 cm³/mol. The van der Waals surface area contributed by atoms with E-state index < -0.39 is 28.3 Å². The number of ether oxygens (including phenoxy) is 3. The number of allylic oxidation sites excluding steroid dienone is 5. The molecule has 11 nitrogen and oxygen atoms in total. The minimum atomic E-state index is -1.60. The van der Waals surface area contributed by atoms with Gasteiger partial charge in [-0.15, -0.1) is 0 Å². The number of aromatic hydroxyl groups is 1. The van der Waals surface area contributed by atoms with E-state index in [1.807, 2.05) is 51.7 Å². The van der Waals surface area contributed by atoms with Gasteiger partial charge in [-0.3, -0.25) is 24.1 Å². The SMILES string of the molecule is CC(C)=CCCC1(C)C=Cc2c(O)c3c(c(CC=C(C)C)c2O1)OC12C(=CC4CC1C(C)(C)OC2(C/C=C(/C)C(=O)N1CCN(CC(=O)N2CCCC2)CC1)C4=O)C3=O. The van der Waals surface area contributed by atoms with Crippen LogP contribution in [0, 0.1) is 11.8 Å². The lowest BCUT2D eigenvalue weighted by atomic mass is 9.51. The number of carbonyl (C=O) groups excluding carboxylic acids is 4. The molecule has 0 radical (unpaired) electrons. The summed E-state index contributed by atoms with van der Waals surface area (Å²) in [7, 11) is 0. The third-order valence-electron chi connectivity index (χ3n) is 14.0. The number of hydrogen-bond donors (Lipinski definition) is 1. The largest absolute Gasteiger partial charge is 0.506 e. The molecule has 1 saturated carbocycles. The molecule has 4 bridgehead atoms. The first kappa shape index (κ1) is 41.3. The van der Waals surface area contributed by atoms with Crippen molar-refractivity contribution in [3.05, 3.63) is 69.4 Å². The first-order valence-electron chi connectivity index (χ1n) is 21.6. The fourth-order valence-electron chi connectivity index (χ4n) is 10.8. The van der Waals surface area contributed by atoms with Crippen LogP contribution >= 0.6 is 0 Å². The summed E-state index contributed by atoms with van der Waals surface area (Å²) in [5.74, 6) is -0.975. The minimum Gasteiger partial charge on any atom is -0.506 e. The molecule has 0 aromatic heterocycles. The summed E-state index contributed by atoms with van der Waals surface area (Å²) < 4.78 is 21.2. The smallest absolute Gasteiger partial charge is 0.249 e. The first-order valence-corrected chi connectivity index (χ1v) is 21.6. The van der Waals surface area contributed by atoms with E-state index in [1.165, 1.54) is 5.57 Å². The van der Waals surface area contributed by atoms with Gasteiger partial charge in [0.2, 0.25) is 11.8 Å². The van der Waals surface area contributed by atoms with Crippen LogP contribution < -0.4 is 9.47 Å². The highest BCUT2D eigenvalue weighted by Crippen LogP contribution is 2.68. The molecule has 1 aromatic carbocycles. The van der Waals surface area contributed by atoms with Gasteiger partial charge >= 0.3 is 0 Å². The molecule has 8 aliphatic rings. The van der Waals surface area contributed by atoms with Gasteiger partial charge in [-0.05, 0) is 106 Å². The van der Waals surface area contributed by atoms with Gasteiger partial charge in [-0.25, -0.2) is 0 Å². The van der Waals surface area contributed by atoms with Crippen molar-refractivity contribution in [1.82, 2.24) is 14.7 Å². The number of hydrogen-bond acceptors (Lipinski definition) is 9. The second-order valence-corrected chi connectivity index (χ2v) is 19.1. The monoisotopic (exact) mass is 807 g/mol. The number of piperazine rings is 1. The van der Waals surface area contributed by atoms with Crippen molar-refractivity contribution in [1.29, 1.82) is 0 Å². The maximum absolute atomic E-state index is 15.1. The predicted octanol–water partition coefficient (Wildman–Crippen LogP) is 6.92. The second-order valence-electron chi connectivity index (χ2n) is 19.1. The molecule has 5 atom stereocenters. The molecule has 3 saturated heterocycles. The number of phenolic OH excluding ortho intramolecular Hbond substituents is 1. The first-order chi connectivity index (χ1) is 27.9. The summed E-state index contributed by atoms with van der Waals surface area (Å²) in [6.07, 6.45) is 16.1. The minimum absolute atomic E-state index is 0.0337. The normalized spacial score (nSPS) is 30.2. The number of fused-ring (bicyclic) bond motifs is 2. The standard InChI is InChI=1S/C48H61N3O8/c1-29(2)12-11-17-46(8)18-16-33-39(53)38-40(54)35-26-32-27-36-45(6,7)59-47(43(32)55,48(35,36)58-42(38)34(41(33)57-46)14-13-30(3)4)19-15-31(5)44(56)51-24-22-49(23-25-51)28-37(52)50-20-9-10-21-50/h12-13,15-16,18,26,32,36,53H,9-11,14,17,19-25,27-28H2,1-8H3/b31-15-. The highest BCUT2D eigenvalue weighted by atomic mass is 16.6.